The smallest absolute Gasteiger partial charge is 0.462 e. The minimum absolute atomic E-state index is 0.107. The van der Waals surface area contributed by atoms with Crippen molar-refractivity contribution in [3.63, 3.8) is 0 Å². The zero-order valence-electron chi connectivity index (χ0n) is 59.5. The van der Waals surface area contributed by atoms with E-state index in [4.69, 9.17) is 37.0 Å². The SMILES string of the molecule is CCCCCCCCCCCCCCCCCCCCC(=O)O[C@H](COC(=O)CCCCCCCCCCCCCCCCCC)COP(=O)(O)OC[C@@H](O)COP(=O)(O)OC[C@@H](COC(=O)CCCCCCCCCC)OC(=O)CCCCCCCCCCCC. The van der Waals surface area contributed by atoms with Gasteiger partial charge >= 0.3 is 39.5 Å². The molecule has 0 aliphatic carbocycles. The summed E-state index contributed by atoms with van der Waals surface area (Å²) in [4.78, 5) is 72.5. The Balaban J connectivity index is 5.19. The van der Waals surface area contributed by atoms with Crippen LogP contribution in [0, 0.1) is 0 Å². The maximum absolute atomic E-state index is 13.1. The average molecular weight is 1350 g/mol. The van der Waals surface area contributed by atoms with Crippen LogP contribution in [0.2, 0.25) is 0 Å². The van der Waals surface area contributed by atoms with Crippen molar-refractivity contribution >= 4 is 39.5 Å². The van der Waals surface area contributed by atoms with E-state index in [0.29, 0.717) is 25.7 Å². The number of unbranched alkanes of at least 4 members (excludes halogenated alkanes) is 48. The summed E-state index contributed by atoms with van der Waals surface area (Å²) in [7, 11) is -9.90. The van der Waals surface area contributed by atoms with Crippen molar-refractivity contribution in [2.45, 2.75) is 406 Å². The average Bonchev–Trinajstić information content (AvgIpc) is 2.23. The van der Waals surface area contributed by atoms with Crippen LogP contribution >= 0.6 is 15.6 Å². The van der Waals surface area contributed by atoms with E-state index in [1.165, 1.54) is 212 Å². The molecule has 19 heteroatoms. The van der Waals surface area contributed by atoms with Crippen LogP contribution in [0.25, 0.3) is 0 Å². The summed E-state index contributed by atoms with van der Waals surface area (Å²) in [5, 5.41) is 10.6. The highest BCUT2D eigenvalue weighted by molar-refractivity contribution is 7.47. The lowest BCUT2D eigenvalue weighted by atomic mass is 10.0. The molecule has 0 saturated heterocycles. The standard InChI is InChI=1S/C73H142O17P2/c1-5-9-13-17-21-25-28-30-32-34-35-37-39-41-44-48-52-56-60-73(78)90-69(64-84-71(76)58-54-50-46-43-40-38-36-33-31-29-26-22-18-14-10-6-2)66-88-92(81,82)86-62-67(74)61-85-91(79,80)87-65-68(63-83-70(75)57-53-49-45-24-20-16-12-8-4)89-72(77)59-55-51-47-42-27-23-19-15-11-7-3/h67-69,74H,5-66H2,1-4H3,(H,79,80)(H,81,82)/t67-,68+,69+/m0/s1. The maximum Gasteiger partial charge on any atom is 0.472 e. The number of carbonyl (C=O) groups is 4. The molecule has 0 saturated carbocycles. The van der Waals surface area contributed by atoms with Crippen molar-refractivity contribution in [2.75, 3.05) is 39.6 Å². The van der Waals surface area contributed by atoms with Crippen LogP contribution in [-0.4, -0.2) is 96.7 Å². The van der Waals surface area contributed by atoms with Gasteiger partial charge in [-0.05, 0) is 25.7 Å². The number of phosphoric acid groups is 2. The predicted octanol–water partition coefficient (Wildman–Crippen LogP) is 21.4. The fourth-order valence-electron chi connectivity index (χ4n) is 11.2. The first kappa shape index (κ1) is 90.1. The van der Waals surface area contributed by atoms with E-state index < -0.39 is 97.5 Å². The predicted molar refractivity (Wildman–Crippen MR) is 372 cm³/mol. The Morgan fingerprint density at radius 2 is 0.435 bits per heavy atom. The number of hydrogen-bond acceptors (Lipinski definition) is 15. The third-order valence-electron chi connectivity index (χ3n) is 17.1. The summed E-state index contributed by atoms with van der Waals surface area (Å²) in [5.74, 6) is -2.12. The van der Waals surface area contributed by atoms with Gasteiger partial charge in [0, 0.05) is 25.7 Å². The Hall–Kier alpha value is -1.94. The second-order valence-corrected chi connectivity index (χ2v) is 29.2. The molecule has 0 aliphatic heterocycles. The molecule has 0 rings (SSSR count). The van der Waals surface area contributed by atoms with Crippen LogP contribution in [0.4, 0.5) is 0 Å². The number of ether oxygens (including phenoxy) is 4. The van der Waals surface area contributed by atoms with Gasteiger partial charge in [-0.25, -0.2) is 9.13 Å². The number of phosphoric ester groups is 2. The Morgan fingerprint density at radius 3 is 0.641 bits per heavy atom. The van der Waals surface area contributed by atoms with Gasteiger partial charge in [-0.1, -0.05) is 336 Å². The summed E-state index contributed by atoms with van der Waals surface area (Å²) < 4.78 is 68.3. The zero-order valence-corrected chi connectivity index (χ0v) is 61.3. The lowest BCUT2D eigenvalue weighted by molar-refractivity contribution is -0.161. The van der Waals surface area contributed by atoms with Gasteiger partial charge in [-0.3, -0.25) is 37.3 Å². The highest BCUT2D eigenvalue weighted by atomic mass is 31.2. The van der Waals surface area contributed by atoms with Gasteiger partial charge in [-0.2, -0.15) is 0 Å². The molecule has 17 nitrogen and oxygen atoms in total. The first-order valence-electron chi connectivity index (χ1n) is 38.3. The quantitative estimate of drug-likeness (QED) is 0.0222. The molecular formula is C73H142O17P2. The molecule has 3 N–H and O–H groups in total. The molecule has 0 fully saturated rings. The molecule has 5 atom stereocenters. The highest BCUT2D eigenvalue weighted by Gasteiger charge is 2.30. The van der Waals surface area contributed by atoms with Crippen molar-refractivity contribution < 1.29 is 80.2 Å². The Kier molecular flexibility index (Phi) is 66.2. The van der Waals surface area contributed by atoms with Crippen LogP contribution in [0.5, 0.6) is 0 Å². The van der Waals surface area contributed by atoms with Gasteiger partial charge in [0.1, 0.15) is 19.3 Å². The number of carbonyl (C=O) groups excluding carboxylic acids is 4. The molecule has 2 unspecified atom stereocenters. The van der Waals surface area contributed by atoms with Gasteiger partial charge < -0.3 is 33.8 Å². The molecule has 0 aromatic heterocycles. The molecule has 92 heavy (non-hydrogen) atoms. The van der Waals surface area contributed by atoms with Gasteiger partial charge in [0.2, 0.25) is 0 Å². The lowest BCUT2D eigenvalue weighted by Crippen LogP contribution is -2.30. The molecule has 0 aromatic rings. The molecule has 0 spiro atoms. The number of rotatable bonds is 74. The van der Waals surface area contributed by atoms with E-state index >= 15 is 0 Å². The zero-order chi connectivity index (χ0) is 67.5. The van der Waals surface area contributed by atoms with Crippen LogP contribution < -0.4 is 0 Å². The Morgan fingerprint density at radius 1 is 0.261 bits per heavy atom. The second-order valence-electron chi connectivity index (χ2n) is 26.3. The van der Waals surface area contributed by atoms with Crippen LogP contribution in [0.1, 0.15) is 387 Å². The van der Waals surface area contributed by atoms with Gasteiger partial charge in [0.15, 0.2) is 12.2 Å². The summed E-state index contributed by atoms with van der Waals surface area (Å²) in [5.41, 5.74) is 0. The number of esters is 4. The fourth-order valence-corrected chi connectivity index (χ4v) is 12.8. The molecular weight excluding hydrogens is 1210 g/mol. The monoisotopic (exact) mass is 1350 g/mol. The van der Waals surface area contributed by atoms with E-state index in [2.05, 4.69) is 27.7 Å². The van der Waals surface area contributed by atoms with E-state index in [1.807, 2.05) is 0 Å². The molecule has 0 aromatic carbocycles. The van der Waals surface area contributed by atoms with Crippen LogP contribution in [0.15, 0.2) is 0 Å². The number of hydrogen-bond donors (Lipinski definition) is 3. The van der Waals surface area contributed by atoms with E-state index in [-0.39, 0.29) is 25.7 Å². The van der Waals surface area contributed by atoms with Gasteiger partial charge in [-0.15, -0.1) is 0 Å². The molecule has 546 valence electrons. The third kappa shape index (κ3) is 66.7. The first-order chi connectivity index (χ1) is 44.7. The summed E-state index contributed by atoms with van der Waals surface area (Å²) in [6.45, 7) is 4.94. The van der Waals surface area contributed by atoms with Crippen molar-refractivity contribution in [1.29, 1.82) is 0 Å². The minimum Gasteiger partial charge on any atom is -0.462 e. The number of aliphatic hydroxyl groups excluding tert-OH is 1. The maximum atomic E-state index is 13.1. The van der Waals surface area contributed by atoms with Crippen LogP contribution in [0.3, 0.4) is 0 Å². The molecule has 0 bridgehead atoms. The molecule has 0 radical (unpaired) electrons. The summed E-state index contributed by atoms with van der Waals surface area (Å²) in [6, 6.07) is 0. The topological polar surface area (TPSA) is 237 Å². The fraction of sp³-hybridized carbons (Fsp3) is 0.945. The van der Waals surface area contributed by atoms with Crippen molar-refractivity contribution in [2.24, 2.45) is 0 Å². The van der Waals surface area contributed by atoms with Crippen molar-refractivity contribution in [1.82, 2.24) is 0 Å². The summed E-state index contributed by atoms with van der Waals surface area (Å²) >= 11 is 0. The summed E-state index contributed by atoms with van der Waals surface area (Å²) in [6.07, 6.45) is 56.9. The molecule has 0 heterocycles. The first-order valence-corrected chi connectivity index (χ1v) is 41.3. The van der Waals surface area contributed by atoms with Crippen LogP contribution in [-0.2, 0) is 65.4 Å². The largest absolute Gasteiger partial charge is 0.472 e. The minimum atomic E-state index is -4.95. The molecule has 0 amide bonds. The van der Waals surface area contributed by atoms with E-state index in [9.17, 15) is 43.2 Å². The second kappa shape index (κ2) is 67.6. The van der Waals surface area contributed by atoms with E-state index in [0.717, 1.165) is 96.3 Å². The third-order valence-corrected chi connectivity index (χ3v) is 19.0. The Bertz CT molecular complexity index is 1760. The number of aliphatic hydroxyl groups is 1. The lowest BCUT2D eigenvalue weighted by Gasteiger charge is -2.21. The van der Waals surface area contributed by atoms with E-state index in [1.54, 1.807) is 0 Å². The van der Waals surface area contributed by atoms with Gasteiger partial charge in [0.25, 0.3) is 0 Å². The highest BCUT2D eigenvalue weighted by Crippen LogP contribution is 2.45. The van der Waals surface area contributed by atoms with Crippen molar-refractivity contribution in [3.8, 4) is 0 Å². The normalized spacial score (nSPS) is 13.9. The Labute approximate surface area is 562 Å². The van der Waals surface area contributed by atoms with Gasteiger partial charge in [0.05, 0.1) is 26.4 Å². The van der Waals surface area contributed by atoms with Crippen molar-refractivity contribution in [3.05, 3.63) is 0 Å². The molecule has 0 aliphatic rings.